The third kappa shape index (κ3) is 1.14. The van der Waals surface area contributed by atoms with Crippen molar-refractivity contribution in [2.75, 3.05) is 13.1 Å². The maximum absolute atomic E-state index is 5.12. The number of aromatic amines is 1. The number of rotatable bonds is 1. The Morgan fingerprint density at radius 1 is 1.29 bits per heavy atom. The minimum atomic E-state index is 0.472. The van der Waals surface area contributed by atoms with Gasteiger partial charge in [0.15, 0.2) is 0 Å². The summed E-state index contributed by atoms with van der Waals surface area (Å²) in [4.78, 5) is 2.55. The lowest BCUT2D eigenvalue weighted by atomic mass is 10.1. The normalized spacial score (nSPS) is 32.3. The Morgan fingerprint density at radius 3 is 3.00 bits per heavy atom. The average molecular weight is 211 g/mol. The number of H-pyrrole nitrogens is 1. The third-order valence-corrected chi connectivity index (χ3v) is 3.67. The molecule has 2 fully saturated rings. The molecular weight excluding hydrogens is 198 g/mol. The van der Waals surface area contributed by atoms with Gasteiger partial charge in [0.25, 0.3) is 0 Å². The van der Waals surface area contributed by atoms with E-state index in [-0.39, 0.29) is 0 Å². The summed E-state index contributed by atoms with van der Waals surface area (Å²) in [6.45, 7) is 2.44. The molecule has 3 rings (SSSR count). The summed E-state index contributed by atoms with van der Waals surface area (Å²) in [6, 6.07) is 1.13. The summed E-state index contributed by atoms with van der Waals surface area (Å²) in [5, 5.41) is 10.5. The van der Waals surface area contributed by atoms with Gasteiger partial charge in [0, 0.05) is 12.6 Å². The molecule has 1 aromatic heterocycles. The van der Waals surface area contributed by atoms with E-state index in [4.69, 9.17) is 12.2 Å². The standard InChI is InChI=1S/C8H13N5S/c14-8-9-10-11-13(8)7-3-5-12-4-1-2-6(7)12/h6-7H,1-5H2,(H,9,11,14). The van der Waals surface area contributed by atoms with Crippen LogP contribution in [-0.4, -0.2) is 44.2 Å². The first-order chi connectivity index (χ1) is 6.86. The van der Waals surface area contributed by atoms with Crippen molar-refractivity contribution in [1.29, 1.82) is 0 Å². The number of aromatic nitrogens is 4. The molecule has 0 radical (unpaired) electrons. The zero-order valence-electron chi connectivity index (χ0n) is 7.89. The molecule has 2 aliphatic heterocycles. The molecule has 0 aromatic carbocycles. The van der Waals surface area contributed by atoms with Crippen molar-refractivity contribution in [1.82, 2.24) is 25.1 Å². The fourth-order valence-electron chi connectivity index (χ4n) is 2.78. The van der Waals surface area contributed by atoms with Gasteiger partial charge in [-0.25, -0.2) is 4.68 Å². The first-order valence-corrected chi connectivity index (χ1v) is 5.51. The molecule has 1 aromatic rings. The third-order valence-electron chi connectivity index (χ3n) is 3.40. The van der Waals surface area contributed by atoms with E-state index in [0.717, 1.165) is 0 Å². The molecule has 2 aliphatic rings. The van der Waals surface area contributed by atoms with Crippen LogP contribution in [0.3, 0.4) is 0 Å². The van der Waals surface area contributed by atoms with Crippen LogP contribution in [-0.2, 0) is 0 Å². The van der Waals surface area contributed by atoms with Crippen molar-refractivity contribution in [3.05, 3.63) is 4.77 Å². The topological polar surface area (TPSA) is 49.7 Å². The smallest absolute Gasteiger partial charge is 0.238 e. The number of fused-ring (bicyclic) bond motifs is 1. The van der Waals surface area contributed by atoms with Gasteiger partial charge >= 0.3 is 0 Å². The average Bonchev–Trinajstić information content (AvgIpc) is 2.78. The van der Waals surface area contributed by atoms with Gasteiger partial charge in [0.1, 0.15) is 0 Å². The highest BCUT2D eigenvalue weighted by Gasteiger charge is 2.38. The van der Waals surface area contributed by atoms with Crippen LogP contribution in [0.4, 0.5) is 0 Å². The Labute approximate surface area is 87.1 Å². The summed E-state index contributed by atoms with van der Waals surface area (Å²) in [5.74, 6) is 0. The predicted molar refractivity (Wildman–Crippen MR) is 53.5 cm³/mol. The van der Waals surface area contributed by atoms with E-state index >= 15 is 0 Å². The number of hydrogen-bond donors (Lipinski definition) is 1. The van der Waals surface area contributed by atoms with Gasteiger partial charge in [-0.05, 0) is 38.0 Å². The van der Waals surface area contributed by atoms with Crippen LogP contribution in [0.5, 0.6) is 0 Å². The highest BCUT2D eigenvalue weighted by Crippen LogP contribution is 2.35. The largest absolute Gasteiger partial charge is 0.298 e. The second-order valence-electron chi connectivity index (χ2n) is 4.05. The maximum atomic E-state index is 5.12. The Morgan fingerprint density at radius 2 is 2.21 bits per heavy atom. The van der Waals surface area contributed by atoms with Crippen LogP contribution < -0.4 is 0 Å². The lowest BCUT2D eigenvalue weighted by molar-refractivity contribution is 0.278. The molecule has 76 valence electrons. The van der Waals surface area contributed by atoms with E-state index in [9.17, 15) is 0 Å². The predicted octanol–water partition coefficient (Wildman–Crippen LogP) is 0.745. The van der Waals surface area contributed by atoms with E-state index in [2.05, 4.69) is 20.4 Å². The first kappa shape index (κ1) is 8.55. The molecule has 0 aliphatic carbocycles. The van der Waals surface area contributed by atoms with Crippen LogP contribution in [0.2, 0.25) is 0 Å². The lowest BCUT2D eigenvalue weighted by Gasteiger charge is -2.19. The van der Waals surface area contributed by atoms with Crippen LogP contribution in [0.25, 0.3) is 0 Å². The number of tetrazole rings is 1. The minimum Gasteiger partial charge on any atom is -0.298 e. The number of nitrogens with zero attached hydrogens (tertiary/aromatic N) is 4. The van der Waals surface area contributed by atoms with Gasteiger partial charge in [0.05, 0.1) is 6.04 Å². The molecule has 2 atom stereocenters. The first-order valence-electron chi connectivity index (χ1n) is 5.10. The van der Waals surface area contributed by atoms with Crippen molar-refractivity contribution < 1.29 is 0 Å². The molecule has 0 saturated carbocycles. The molecule has 6 heteroatoms. The van der Waals surface area contributed by atoms with E-state index < -0.39 is 0 Å². The van der Waals surface area contributed by atoms with Crippen molar-refractivity contribution in [3.8, 4) is 0 Å². The van der Waals surface area contributed by atoms with E-state index in [1.807, 2.05) is 4.68 Å². The SMILES string of the molecule is S=c1nn[nH]n1C1CCN2CCCC12. The summed E-state index contributed by atoms with van der Waals surface area (Å²) in [7, 11) is 0. The van der Waals surface area contributed by atoms with Crippen LogP contribution in [0.15, 0.2) is 0 Å². The zero-order chi connectivity index (χ0) is 9.54. The molecule has 3 heterocycles. The second kappa shape index (κ2) is 3.13. The van der Waals surface area contributed by atoms with Gasteiger partial charge in [0.2, 0.25) is 4.77 Å². The monoisotopic (exact) mass is 211 g/mol. The summed E-state index contributed by atoms with van der Waals surface area (Å²) >= 11 is 5.12. The second-order valence-corrected chi connectivity index (χ2v) is 4.42. The quantitative estimate of drug-likeness (QED) is 0.696. The fraction of sp³-hybridized carbons (Fsp3) is 0.875. The molecule has 1 N–H and O–H groups in total. The summed E-state index contributed by atoms with van der Waals surface area (Å²) < 4.78 is 2.54. The highest BCUT2D eigenvalue weighted by molar-refractivity contribution is 7.71. The molecule has 0 amide bonds. The van der Waals surface area contributed by atoms with Gasteiger partial charge < -0.3 is 0 Å². The zero-order valence-corrected chi connectivity index (χ0v) is 8.70. The Balaban J connectivity index is 1.93. The van der Waals surface area contributed by atoms with Crippen molar-refractivity contribution >= 4 is 12.2 Å². The van der Waals surface area contributed by atoms with Gasteiger partial charge in [-0.2, -0.15) is 5.21 Å². The molecule has 0 bridgehead atoms. The number of nitrogens with one attached hydrogen (secondary N) is 1. The van der Waals surface area contributed by atoms with Gasteiger partial charge in [-0.3, -0.25) is 4.90 Å². The molecule has 5 nitrogen and oxygen atoms in total. The van der Waals surface area contributed by atoms with Crippen molar-refractivity contribution in [2.24, 2.45) is 0 Å². The van der Waals surface area contributed by atoms with E-state index in [0.29, 0.717) is 16.9 Å². The maximum Gasteiger partial charge on any atom is 0.238 e. The minimum absolute atomic E-state index is 0.472. The Bertz CT molecular complexity index is 383. The van der Waals surface area contributed by atoms with Crippen LogP contribution in [0, 0.1) is 4.77 Å². The highest BCUT2D eigenvalue weighted by atomic mass is 32.1. The molecular formula is C8H13N5S. The fourth-order valence-corrected chi connectivity index (χ4v) is 2.99. The van der Waals surface area contributed by atoms with Crippen LogP contribution in [0.1, 0.15) is 25.3 Å². The van der Waals surface area contributed by atoms with Crippen LogP contribution >= 0.6 is 12.2 Å². The van der Waals surface area contributed by atoms with Crippen molar-refractivity contribution in [3.63, 3.8) is 0 Å². The number of hydrogen-bond acceptors (Lipinski definition) is 4. The summed E-state index contributed by atoms with van der Waals surface area (Å²) in [6.07, 6.45) is 3.77. The molecule has 14 heavy (non-hydrogen) atoms. The Hall–Kier alpha value is -0.750. The van der Waals surface area contributed by atoms with E-state index in [1.54, 1.807) is 0 Å². The molecule has 2 saturated heterocycles. The van der Waals surface area contributed by atoms with E-state index in [1.165, 1.54) is 32.4 Å². The van der Waals surface area contributed by atoms with Gasteiger partial charge in [-0.15, -0.1) is 0 Å². The molecule has 0 spiro atoms. The molecule has 2 unspecified atom stereocenters. The lowest BCUT2D eigenvalue weighted by Crippen LogP contribution is -2.28. The Kier molecular flexibility index (Phi) is 1.91. The summed E-state index contributed by atoms with van der Waals surface area (Å²) in [5.41, 5.74) is 0. The van der Waals surface area contributed by atoms with Gasteiger partial charge in [-0.1, -0.05) is 10.3 Å². The van der Waals surface area contributed by atoms with Crippen molar-refractivity contribution in [2.45, 2.75) is 31.3 Å².